The lowest BCUT2D eigenvalue weighted by Crippen LogP contribution is -2.20. The van der Waals surface area contributed by atoms with Crippen molar-refractivity contribution in [2.45, 2.75) is 6.42 Å². The van der Waals surface area contributed by atoms with Gasteiger partial charge in [0.25, 0.3) is 0 Å². The van der Waals surface area contributed by atoms with E-state index in [0.29, 0.717) is 13.0 Å². The molecule has 76 valence electrons. The average molecular weight is 258 g/mol. The van der Waals surface area contributed by atoms with Crippen LogP contribution in [0.1, 0.15) is 6.42 Å². The van der Waals surface area contributed by atoms with E-state index in [1.165, 1.54) is 0 Å². The van der Waals surface area contributed by atoms with Crippen LogP contribution in [0.2, 0.25) is 0 Å². The standard InChI is InChI=1S/C9H12BrN3O/c1-11-9(14)3-5-13-8-2-4-12-6-7(8)10/h2,4,6H,3,5H2,1H3,(H,11,14)(H,12,13). The third-order valence-electron chi connectivity index (χ3n) is 1.72. The highest BCUT2D eigenvalue weighted by molar-refractivity contribution is 9.10. The second-order valence-electron chi connectivity index (χ2n) is 2.71. The van der Waals surface area contributed by atoms with E-state index in [-0.39, 0.29) is 5.91 Å². The molecular formula is C9H12BrN3O. The van der Waals surface area contributed by atoms with Gasteiger partial charge in [0, 0.05) is 32.4 Å². The van der Waals surface area contributed by atoms with E-state index in [4.69, 9.17) is 0 Å². The molecule has 1 aromatic heterocycles. The van der Waals surface area contributed by atoms with Gasteiger partial charge >= 0.3 is 0 Å². The highest BCUT2D eigenvalue weighted by atomic mass is 79.9. The molecule has 1 heterocycles. The summed E-state index contributed by atoms with van der Waals surface area (Å²) in [6.45, 7) is 0.613. The number of amides is 1. The zero-order chi connectivity index (χ0) is 10.4. The van der Waals surface area contributed by atoms with Crippen LogP contribution in [-0.4, -0.2) is 24.5 Å². The number of anilines is 1. The molecule has 1 amide bonds. The zero-order valence-electron chi connectivity index (χ0n) is 7.88. The average Bonchev–Trinajstić information content (AvgIpc) is 2.20. The van der Waals surface area contributed by atoms with Crippen molar-refractivity contribution in [1.29, 1.82) is 0 Å². The molecule has 5 heteroatoms. The van der Waals surface area contributed by atoms with Crippen LogP contribution < -0.4 is 10.6 Å². The number of carbonyl (C=O) groups is 1. The number of pyridine rings is 1. The Morgan fingerprint density at radius 1 is 1.64 bits per heavy atom. The summed E-state index contributed by atoms with van der Waals surface area (Å²) in [6, 6.07) is 1.86. The quantitative estimate of drug-likeness (QED) is 0.858. The minimum Gasteiger partial charge on any atom is -0.384 e. The number of hydrogen-bond acceptors (Lipinski definition) is 3. The van der Waals surface area contributed by atoms with Crippen molar-refractivity contribution < 1.29 is 4.79 Å². The van der Waals surface area contributed by atoms with Crippen molar-refractivity contribution >= 4 is 27.5 Å². The van der Waals surface area contributed by atoms with Crippen LogP contribution in [0.4, 0.5) is 5.69 Å². The molecule has 4 nitrogen and oxygen atoms in total. The Bertz CT molecular complexity index is 317. The van der Waals surface area contributed by atoms with Gasteiger partial charge in [-0.3, -0.25) is 9.78 Å². The van der Waals surface area contributed by atoms with E-state index in [2.05, 4.69) is 31.5 Å². The monoisotopic (exact) mass is 257 g/mol. The molecule has 0 fully saturated rings. The highest BCUT2D eigenvalue weighted by Gasteiger charge is 1.99. The van der Waals surface area contributed by atoms with Gasteiger partial charge in [0.05, 0.1) is 10.2 Å². The maximum absolute atomic E-state index is 10.9. The van der Waals surface area contributed by atoms with Crippen molar-refractivity contribution in [3.05, 3.63) is 22.9 Å². The molecule has 14 heavy (non-hydrogen) atoms. The van der Waals surface area contributed by atoms with Gasteiger partial charge in [0.1, 0.15) is 0 Å². The molecule has 0 bridgehead atoms. The van der Waals surface area contributed by atoms with E-state index in [0.717, 1.165) is 10.2 Å². The molecule has 0 aliphatic rings. The Morgan fingerprint density at radius 2 is 2.43 bits per heavy atom. The Labute approximate surface area is 91.2 Å². The molecule has 0 saturated heterocycles. The van der Waals surface area contributed by atoms with Gasteiger partial charge in [-0.15, -0.1) is 0 Å². The Morgan fingerprint density at radius 3 is 3.07 bits per heavy atom. The van der Waals surface area contributed by atoms with E-state index in [9.17, 15) is 4.79 Å². The topological polar surface area (TPSA) is 54.0 Å². The fourth-order valence-corrected chi connectivity index (χ4v) is 1.34. The molecule has 0 unspecified atom stereocenters. The van der Waals surface area contributed by atoms with Crippen LogP contribution in [0.5, 0.6) is 0 Å². The molecule has 0 spiro atoms. The first kappa shape index (κ1) is 11.0. The van der Waals surface area contributed by atoms with Gasteiger partial charge in [0.2, 0.25) is 5.91 Å². The van der Waals surface area contributed by atoms with Crippen LogP contribution in [0.15, 0.2) is 22.9 Å². The molecule has 1 rings (SSSR count). The molecular weight excluding hydrogens is 246 g/mol. The van der Waals surface area contributed by atoms with E-state index >= 15 is 0 Å². The Kier molecular flexibility index (Phi) is 4.39. The maximum atomic E-state index is 10.9. The Hall–Kier alpha value is -1.10. The summed E-state index contributed by atoms with van der Waals surface area (Å²) in [5.41, 5.74) is 0.948. The van der Waals surface area contributed by atoms with Gasteiger partial charge in [-0.25, -0.2) is 0 Å². The number of hydrogen-bond donors (Lipinski definition) is 2. The number of nitrogens with one attached hydrogen (secondary N) is 2. The van der Waals surface area contributed by atoms with Crippen LogP contribution in [0.25, 0.3) is 0 Å². The number of rotatable bonds is 4. The highest BCUT2D eigenvalue weighted by Crippen LogP contribution is 2.19. The largest absolute Gasteiger partial charge is 0.384 e. The third-order valence-corrected chi connectivity index (χ3v) is 2.35. The molecule has 0 atom stereocenters. The Balaban J connectivity index is 2.39. The molecule has 0 aliphatic carbocycles. The summed E-state index contributed by atoms with van der Waals surface area (Å²) in [5.74, 6) is 0.0303. The maximum Gasteiger partial charge on any atom is 0.221 e. The van der Waals surface area contributed by atoms with Gasteiger partial charge in [-0.2, -0.15) is 0 Å². The van der Waals surface area contributed by atoms with E-state index in [1.54, 1.807) is 19.4 Å². The normalized spacial score (nSPS) is 9.57. The minimum atomic E-state index is 0.0303. The second-order valence-corrected chi connectivity index (χ2v) is 3.56. The first-order valence-corrected chi connectivity index (χ1v) is 5.07. The summed E-state index contributed by atoms with van der Waals surface area (Å²) in [4.78, 5) is 14.8. The van der Waals surface area contributed by atoms with Gasteiger partial charge in [-0.1, -0.05) is 0 Å². The summed E-state index contributed by atoms with van der Waals surface area (Å²) in [6.07, 6.45) is 3.88. The number of carbonyl (C=O) groups excluding carboxylic acids is 1. The zero-order valence-corrected chi connectivity index (χ0v) is 9.47. The van der Waals surface area contributed by atoms with Crippen LogP contribution in [-0.2, 0) is 4.79 Å². The van der Waals surface area contributed by atoms with Crippen molar-refractivity contribution in [3.8, 4) is 0 Å². The number of aromatic nitrogens is 1. The summed E-state index contributed by atoms with van der Waals surface area (Å²) >= 11 is 3.36. The lowest BCUT2D eigenvalue weighted by molar-refractivity contribution is -0.120. The lowest BCUT2D eigenvalue weighted by atomic mass is 10.3. The summed E-state index contributed by atoms with van der Waals surface area (Å²) in [7, 11) is 1.63. The fourth-order valence-electron chi connectivity index (χ4n) is 0.954. The molecule has 2 N–H and O–H groups in total. The lowest BCUT2D eigenvalue weighted by Gasteiger charge is -2.06. The van der Waals surface area contributed by atoms with Gasteiger partial charge < -0.3 is 10.6 Å². The first-order valence-electron chi connectivity index (χ1n) is 4.28. The second kappa shape index (κ2) is 5.59. The minimum absolute atomic E-state index is 0.0303. The number of halogens is 1. The smallest absolute Gasteiger partial charge is 0.221 e. The van der Waals surface area contributed by atoms with Crippen LogP contribution >= 0.6 is 15.9 Å². The number of nitrogens with zero attached hydrogens (tertiary/aromatic N) is 1. The predicted octanol–water partition coefficient (Wildman–Crippen LogP) is 1.39. The summed E-state index contributed by atoms with van der Waals surface area (Å²) in [5, 5.41) is 5.69. The third kappa shape index (κ3) is 3.33. The van der Waals surface area contributed by atoms with Crippen molar-refractivity contribution in [2.75, 3.05) is 18.9 Å². The molecule has 1 aromatic rings. The fraction of sp³-hybridized carbons (Fsp3) is 0.333. The van der Waals surface area contributed by atoms with Crippen LogP contribution in [0.3, 0.4) is 0 Å². The van der Waals surface area contributed by atoms with Crippen molar-refractivity contribution in [1.82, 2.24) is 10.3 Å². The first-order chi connectivity index (χ1) is 6.74. The van der Waals surface area contributed by atoms with E-state index in [1.807, 2.05) is 6.07 Å². The predicted molar refractivity (Wildman–Crippen MR) is 59.1 cm³/mol. The van der Waals surface area contributed by atoms with Gasteiger partial charge in [0.15, 0.2) is 0 Å². The van der Waals surface area contributed by atoms with E-state index < -0.39 is 0 Å². The molecule has 0 radical (unpaired) electrons. The van der Waals surface area contributed by atoms with Crippen LogP contribution in [0, 0.1) is 0 Å². The molecule has 0 saturated carbocycles. The SMILES string of the molecule is CNC(=O)CCNc1ccncc1Br. The van der Waals surface area contributed by atoms with Crippen molar-refractivity contribution in [3.63, 3.8) is 0 Å². The summed E-state index contributed by atoms with van der Waals surface area (Å²) < 4.78 is 0.900. The van der Waals surface area contributed by atoms with Gasteiger partial charge in [-0.05, 0) is 22.0 Å². The molecule has 0 aromatic carbocycles. The van der Waals surface area contributed by atoms with Crippen molar-refractivity contribution in [2.24, 2.45) is 0 Å². The molecule has 0 aliphatic heterocycles.